The second-order valence-corrected chi connectivity index (χ2v) is 29.1. The van der Waals surface area contributed by atoms with Gasteiger partial charge in [0.2, 0.25) is 0 Å². The Bertz CT molecular complexity index is 2680. The lowest BCUT2D eigenvalue weighted by Gasteiger charge is -2.21. The number of aliphatic hydroxyl groups is 1. The summed E-state index contributed by atoms with van der Waals surface area (Å²) < 4.78 is 68.6. The molecule has 602 valence electrons. The van der Waals surface area contributed by atoms with Crippen LogP contribution in [-0.4, -0.2) is 96.7 Å². The molecule has 0 fully saturated rings. The number of hydrogen-bond donors (Lipinski definition) is 3. The Morgan fingerprint density at radius 2 is 0.491 bits per heavy atom. The van der Waals surface area contributed by atoms with Gasteiger partial charge in [0.25, 0.3) is 0 Å². The Hall–Kier alpha value is -5.58. The Morgan fingerprint density at radius 3 is 0.774 bits per heavy atom. The predicted octanol–water partition coefficient (Wildman–Crippen LogP) is 23.8. The molecular weight excluding hydrogens is 1380 g/mol. The zero-order valence-corrected chi connectivity index (χ0v) is 67.6. The van der Waals surface area contributed by atoms with Crippen molar-refractivity contribution in [1.82, 2.24) is 0 Å². The molecule has 0 aliphatic carbocycles. The molecule has 3 N–H and O–H groups in total. The highest BCUT2D eigenvalue weighted by Crippen LogP contribution is 2.45. The van der Waals surface area contributed by atoms with Crippen molar-refractivity contribution < 1.29 is 80.2 Å². The van der Waals surface area contributed by atoms with Crippen LogP contribution < -0.4 is 0 Å². The van der Waals surface area contributed by atoms with Crippen LogP contribution in [0.2, 0.25) is 0 Å². The minimum atomic E-state index is -5.00. The van der Waals surface area contributed by atoms with Crippen LogP contribution in [0, 0.1) is 0 Å². The number of allylic oxidation sites excluding steroid dienone is 28. The molecule has 5 atom stereocenters. The standard InChI is InChI=1S/C87H142O17P2/c1-5-9-13-17-21-25-29-32-35-38-40-43-45-48-52-55-59-63-67-71-84(89)97-77-82(103-86(91)73-69-65-61-57-51-28-24-20-16-12-8-4)79-101-105(93,94)99-75-81(88)76-100-106(95,96)102-80-83(104-87(92)74-70-66-62-58-54-50-47-42-37-34-31-27-23-19-15-11-7-3)78-98-85(90)72-68-64-60-56-53-49-46-44-41-39-36-33-30-26-22-18-14-10-6-2/h9-11,13-15,20-27,32-37,40-41,43-44,48-49,52-53,81-83,88H,5-8,12,16-19,28-31,38-39,42,45-47,50-51,54-80H2,1-4H3,(H,93,94)(H,95,96)/b13-9-,14-10-,15-11-,24-20-,25-21-,26-22-,27-23-,35-32-,36-33-,37-34-,43-40-,44-41-,52-48-,53-49-. The summed E-state index contributed by atoms with van der Waals surface area (Å²) in [6.45, 7) is 4.39. The van der Waals surface area contributed by atoms with Gasteiger partial charge in [0.15, 0.2) is 12.2 Å². The molecule has 0 saturated carbocycles. The molecule has 0 aromatic heterocycles. The first-order valence-corrected chi connectivity index (χ1v) is 43.4. The molecule has 19 heteroatoms. The molecule has 0 amide bonds. The highest BCUT2D eigenvalue weighted by molar-refractivity contribution is 7.47. The largest absolute Gasteiger partial charge is 0.472 e. The van der Waals surface area contributed by atoms with Crippen molar-refractivity contribution in [2.75, 3.05) is 39.6 Å². The highest BCUT2D eigenvalue weighted by Gasteiger charge is 2.30. The number of aliphatic hydroxyl groups excluding tert-OH is 1. The first-order valence-electron chi connectivity index (χ1n) is 40.4. The summed E-state index contributed by atoms with van der Waals surface area (Å²) in [4.78, 5) is 73.0. The van der Waals surface area contributed by atoms with Gasteiger partial charge in [-0.2, -0.15) is 0 Å². The molecule has 5 unspecified atom stereocenters. The van der Waals surface area contributed by atoms with E-state index in [-0.39, 0.29) is 25.7 Å². The van der Waals surface area contributed by atoms with Crippen LogP contribution in [0.1, 0.15) is 297 Å². The van der Waals surface area contributed by atoms with E-state index in [0.29, 0.717) is 25.7 Å². The van der Waals surface area contributed by atoms with Crippen molar-refractivity contribution in [3.63, 3.8) is 0 Å². The topological polar surface area (TPSA) is 237 Å². The predicted molar refractivity (Wildman–Crippen MR) is 436 cm³/mol. The maximum Gasteiger partial charge on any atom is 0.472 e. The maximum absolute atomic E-state index is 13.1. The zero-order valence-electron chi connectivity index (χ0n) is 65.8. The molecule has 0 saturated heterocycles. The van der Waals surface area contributed by atoms with Crippen molar-refractivity contribution >= 4 is 39.5 Å². The molecule has 0 aromatic rings. The molecule has 0 aliphatic heterocycles. The van der Waals surface area contributed by atoms with Crippen molar-refractivity contribution in [2.45, 2.75) is 316 Å². The summed E-state index contributed by atoms with van der Waals surface area (Å²) >= 11 is 0. The number of phosphoric acid groups is 2. The van der Waals surface area contributed by atoms with E-state index in [9.17, 15) is 43.2 Å². The summed E-state index contributed by atoms with van der Waals surface area (Å²) in [5, 5.41) is 10.6. The Kier molecular flexibility index (Phi) is 73.5. The second kappa shape index (κ2) is 77.6. The van der Waals surface area contributed by atoms with Gasteiger partial charge in [0.1, 0.15) is 19.3 Å². The fourth-order valence-electron chi connectivity index (χ4n) is 10.1. The van der Waals surface area contributed by atoms with Crippen LogP contribution in [-0.2, 0) is 65.4 Å². The van der Waals surface area contributed by atoms with E-state index in [1.54, 1.807) is 0 Å². The van der Waals surface area contributed by atoms with Crippen molar-refractivity contribution in [1.29, 1.82) is 0 Å². The summed E-state index contributed by atoms with van der Waals surface area (Å²) in [5.74, 6) is -2.28. The lowest BCUT2D eigenvalue weighted by Crippen LogP contribution is -2.30. The lowest BCUT2D eigenvalue weighted by atomic mass is 10.1. The van der Waals surface area contributed by atoms with Gasteiger partial charge in [-0.05, 0) is 167 Å². The zero-order chi connectivity index (χ0) is 77.4. The Labute approximate surface area is 642 Å². The van der Waals surface area contributed by atoms with Crippen LogP contribution in [0.4, 0.5) is 0 Å². The molecule has 0 aromatic carbocycles. The van der Waals surface area contributed by atoms with Crippen LogP contribution in [0.3, 0.4) is 0 Å². The van der Waals surface area contributed by atoms with Gasteiger partial charge in [-0.25, -0.2) is 9.13 Å². The minimum absolute atomic E-state index is 0.0694. The monoisotopic (exact) mass is 1520 g/mol. The summed E-state index contributed by atoms with van der Waals surface area (Å²) in [7, 11) is -9.99. The van der Waals surface area contributed by atoms with Gasteiger partial charge >= 0.3 is 39.5 Å². The van der Waals surface area contributed by atoms with Crippen LogP contribution >= 0.6 is 15.6 Å². The van der Waals surface area contributed by atoms with Gasteiger partial charge in [-0.3, -0.25) is 37.3 Å². The molecule has 0 rings (SSSR count). The fourth-order valence-corrected chi connectivity index (χ4v) is 11.7. The number of phosphoric ester groups is 2. The second-order valence-electron chi connectivity index (χ2n) is 26.2. The van der Waals surface area contributed by atoms with Crippen molar-refractivity contribution in [3.05, 3.63) is 170 Å². The minimum Gasteiger partial charge on any atom is -0.462 e. The Morgan fingerprint density at radius 1 is 0.274 bits per heavy atom. The lowest BCUT2D eigenvalue weighted by molar-refractivity contribution is -0.161. The molecule has 0 bridgehead atoms. The summed E-state index contributed by atoms with van der Waals surface area (Å²) in [6.07, 6.45) is 91.9. The van der Waals surface area contributed by atoms with Crippen LogP contribution in [0.25, 0.3) is 0 Å². The van der Waals surface area contributed by atoms with Crippen LogP contribution in [0.5, 0.6) is 0 Å². The molecule has 0 spiro atoms. The quantitative estimate of drug-likeness (QED) is 0.0169. The number of rotatable bonds is 74. The number of carbonyl (C=O) groups is 4. The van der Waals surface area contributed by atoms with E-state index in [1.165, 1.54) is 12.8 Å². The number of ether oxygens (including phenoxy) is 4. The summed E-state index contributed by atoms with van der Waals surface area (Å²) in [5.41, 5.74) is 0. The SMILES string of the molecule is CC/C=C\C/C=C\C/C=C\C/C=C\C/C=C\CCCCCC(=O)OCC(COP(=O)(O)OCC(O)COP(=O)(O)OCC(COC(=O)CCCCC/C=C\C/C=C\C/C=C\C/C=C\C/C=C\CC)OC(=O)CCCCCCCCC/C=C\C/C=C\C/C=C\CC)OC(=O)CCCCCCC/C=C\CCCC. The van der Waals surface area contributed by atoms with Gasteiger partial charge < -0.3 is 33.8 Å². The molecule has 0 radical (unpaired) electrons. The first-order chi connectivity index (χ1) is 51.7. The van der Waals surface area contributed by atoms with Gasteiger partial charge in [0, 0.05) is 25.7 Å². The van der Waals surface area contributed by atoms with Crippen LogP contribution in [0.15, 0.2) is 170 Å². The molecule has 17 nitrogen and oxygen atoms in total. The van der Waals surface area contributed by atoms with Crippen molar-refractivity contribution in [3.8, 4) is 0 Å². The summed E-state index contributed by atoms with van der Waals surface area (Å²) in [6, 6.07) is 0. The molecule has 106 heavy (non-hydrogen) atoms. The van der Waals surface area contributed by atoms with E-state index < -0.39 is 97.5 Å². The van der Waals surface area contributed by atoms with Gasteiger partial charge in [0.05, 0.1) is 26.4 Å². The molecular formula is C87H142O17P2. The van der Waals surface area contributed by atoms with Gasteiger partial charge in [-0.1, -0.05) is 275 Å². The van der Waals surface area contributed by atoms with E-state index >= 15 is 0 Å². The average Bonchev–Trinajstić information content (AvgIpc) is 0.901. The van der Waals surface area contributed by atoms with E-state index in [0.717, 1.165) is 205 Å². The van der Waals surface area contributed by atoms with E-state index in [4.69, 9.17) is 37.0 Å². The number of hydrogen-bond acceptors (Lipinski definition) is 15. The fraction of sp³-hybridized carbons (Fsp3) is 0.632. The highest BCUT2D eigenvalue weighted by atomic mass is 31.2. The van der Waals surface area contributed by atoms with Gasteiger partial charge in [-0.15, -0.1) is 0 Å². The third-order valence-corrected chi connectivity index (χ3v) is 18.1. The number of unbranched alkanes of at least 4 members (excludes halogenated alkanes) is 20. The normalized spacial score (nSPS) is 14.7. The van der Waals surface area contributed by atoms with E-state index in [1.807, 2.05) is 0 Å². The third kappa shape index (κ3) is 76.6. The Balaban J connectivity index is 5.42. The van der Waals surface area contributed by atoms with E-state index in [2.05, 4.69) is 198 Å². The van der Waals surface area contributed by atoms with Crippen molar-refractivity contribution in [2.24, 2.45) is 0 Å². The number of carbonyl (C=O) groups excluding carboxylic acids is 4. The maximum atomic E-state index is 13.1. The molecule has 0 aliphatic rings. The first kappa shape index (κ1) is 100. The number of esters is 4. The third-order valence-electron chi connectivity index (χ3n) is 16.2. The molecule has 0 heterocycles. The average molecular weight is 1520 g/mol. The smallest absolute Gasteiger partial charge is 0.462 e.